The molecule has 2 nitrogen and oxygen atoms in total. The molecule has 18 heavy (non-hydrogen) atoms. The van der Waals surface area contributed by atoms with Gasteiger partial charge < -0.3 is 0 Å². The highest BCUT2D eigenvalue weighted by Crippen LogP contribution is 2.57. The number of nitrogens with zero attached hydrogens (tertiary/aromatic N) is 1. The minimum atomic E-state index is -0.102. The number of hydrogen-bond donors (Lipinski definition) is 0. The summed E-state index contributed by atoms with van der Waals surface area (Å²) in [5.41, 5.74) is 0. The lowest BCUT2D eigenvalue weighted by Crippen LogP contribution is -2.45. The van der Waals surface area contributed by atoms with E-state index in [2.05, 4.69) is 6.07 Å². The molecule has 0 aliphatic heterocycles. The van der Waals surface area contributed by atoms with Crippen molar-refractivity contribution in [1.29, 1.82) is 5.26 Å². The van der Waals surface area contributed by atoms with Gasteiger partial charge in [0.15, 0.2) is 0 Å². The zero-order chi connectivity index (χ0) is 12.7. The lowest BCUT2D eigenvalue weighted by molar-refractivity contribution is -0.124. The third-order valence-electron chi connectivity index (χ3n) is 5.64. The molecule has 4 rings (SSSR count). The van der Waals surface area contributed by atoms with E-state index < -0.39 is 0 Å². The van der Waals surface area contributed by atoms with Gasteiger partial charge in [-0.25, -0.2) is 0 Å². The Kier molecular flexibility index (Phi) is 3.18. The van der Waals surface area contributed by atoms with Gasteiger partial charge in [0.25, 0.3) is 0 Å². The minimum Gasteiger partial charge on any atom is -0.300 e. The van der Waals surface area contributed by atoms with Gasteiger partial charge in [-0.15, -0.1) is 0 Å². The largest absolute Gasteiger partial charge is 0.300 e. The highest BCUT2D eigenvalue weighted by atomic mass is 16.1. The molecular weight excluding hydrogens is 222 g/mol. The smallest absolute Gasteiger partial charge is 0.134 e. The Balaban J connectivity index is 1.60. The maximum Gasteiger partial charge on any atom is 0.134 e. The normalized spacial score (nSPS) is 42.6. The molecule has 0 N–H and O–H groups in total. The third-order valence-corrected chi connectivity index (χ3v) is 5.64. The molecule has 0 radical (unpaired) electrons. The Morgan fingerprint density at radius 3 is 2.22 bits per heavy atom. The predicted octanol–water partition coefficient (Wildman–Crippen LogP) is 3.57. The zero-order valence-corrected chi connectivity index (χ0v) is 11.3. The molecule has 0 heterocycles. The lowest BCUT2D eigenvalue weighted by atomic mass is 9.51. The number of ketones is 1. The Morgan fingerprint density at radius 2 is 1.72 bits per heavy atom. The first-order chi connectivity index (χ1) is 8.65. The van der Waals surface area contributed by atoms with E-state index in [1.807, 2.05) is 6.92 Å². The summed E-state index contributed by atoms with van der Waals surface area (Å²) in [5, 5.41) is 8.79. The van der Waals surface area contributed by atoms with Gasteiger partial charge >= 0.3 is 0 Å². The summed E-state index contributed by atoms with van der Waals surface area (Å²) in [6, 6.07) is 2.18. The Hall–Kier alpha value is -0.840. The van der Waals surface area contributed by atoms with Crippen molar-refractivity contribution in [3.8, 4) is 6.07 Å². The van der Waals surface area contributed by atoms with Crippen LogP contribution in [0.2, 0.25) is 0 Å². The van der Waals surface area contributed by atoms with Gasteiger partial charge in [-0.2, -0.15) is 5.26 Å². The molecule has 4 saturated carbocycles. The summed E-state index contributed by atoms with van der Waals surface area (Å²) < 4.78 is 0. The molecule has 0 amide bonds. The molecule has 98 valence electrons. The second kappa shape index (κ2) is 4.68. The van der Waals surface area contributed by atoms with E-state index in [-0.39, 0.29) is 5.92 Å². The summed E-state index contributed by atoms with van der Waals surface area (Å²) in [6.45, 7) is 1.86. The van der Waals surface area contributed by atoms with Crippen LogP contribution >= 0.6 is 0 Å². The third kappa shape index (κ3) is 2.20. The molecule has 2 heteroatoms. The number of rotatable bonds is 4. The van der Waals surface area contributed by atoms with Crippen LogP contribution in [0.25, 0.3) is 0 Å². The fraction of sp³-hybridized carbons (Fsp3) is 0.875. The molecule has 0 saturated heterocycles. The molecule has 4 fully saturated rings. The molecule has 4 bridgehead atoms. The molecule has 0 aromatic rings. The first-order valence-corrected chi connectivity index (χ1v) is 7.57. The van der Waals surface area contributed by atoms with E-state index in [1.165, 1.54) is 32.1 Å². The summed E-state index contributed by atoms with van der Waals surface area (Å²) >= 11 is 0. The SMILES string of the molecule is CC(C#N)CC(=O)CC1C2CC3CC(C2)CC1C3. The Morgan fingerprint density at radius 1 is 1.17 bits per heavy atom. The number of carbonyl (C=O) groups excluding carboxylic acids is 1. The molecule has 1 atom stereocenters. The minimum absolute atomic E-state index is 0.102. The molecule has 4 aliphatic rings. The van der Waals surface area contributed by atoms with Crippen LogP contribution in [-0.2, 0) is 4.79 Å². The van der Waals surface area contributed by atoms with Crippen molar-refractivity contribution < 1.29 is 4.79 Å². The second-order valence-electron chi connectivity index (χ2n) is 7.07. The highest BCUT2D eigenvalue weighted by molar-refractivity contribution is 5.79. The van der Waals surface area contributed by atoms with Crippen LogP contribution in [0.5, 0.6) is 0 Å². The van der Waals surface area contributed by atoms with Gasteiger partial charge in [-0.05, 0) is 68.6 Å². The monoisotopic (exact) mass is 245 g/mol. The number of hydrogen-bond acceptors (Lipinski definition) is 2. The molecule has 0 aromatic heterocycles. The van der Waals surface area contributed by atoms with Crippen molar-refractivity contribution in [2.24, 2.45) is 35.5 Å². The van der Waals surface area contributed by atoms with Crippen molar-refractivity contribution in [2.45, 2.75) is 51.9 Å². The van der Waals surface area contributed by atoms with Crippen LogP contribution in [0.3, 0.4) is 0 Å². The summed E-state index contributed by atoms with van der Waals surface area (Å²) in [7, 11) is 0. The quantitative estimate of drug-likeness (QED) is 0.759. The van der Waals surface area contributed by atoms with Crippen LogP contribution in [-0.4, -0.2) is 5.78 Å². The number of carbonyl (C=O) groups is 1. The van der Waals surface area contributed by atoms with Gasteiger partial charge in [0, 0.05) is 12.8 Å². The molecule has 0 aromatic carbocycles. The van der Waals surface area contributed by atoms with E-state index >= 15 is 0 Å². The maximum atomic E-state index is 12.1. The van der Waals surface area contributed by atoms with Crippen LogP contribution in [0.4, 0.5) is 0 Å². The standard InChI is InChI=1S/C16H23NO/c1-10(9-17)2-15(18)8-16-13-4-11-3-12(6-13)7-14(16)5-11/h10-14,16H,2-8H2,1H3. The fourth-order valence-electron chi connectivity index (χ4n) is 5.10. The van der Waals surface area contributed by atoms with Crippen LogP contribution in [0.15, 0.2) is 0 Å². The van der Waals surface area contributed by atoms with E-state index in [4.69, 9.17) is 5.26 Å². The van der Waals surface area contributed by atoms with E-state index in [0.717, 1.165) is 30.1 Å². The van der Waals surface area contributed by atoms with Gasteiger partial charge in [-0.1, -0.05) is 0 Å². The number of Topliss-reactive ketones (excluding diaryl/α,β-unsaturated/α-hetero) is 1. The average molecular weight is 245 g/mol. The second-order valence-corrected chi connectivity index (χ2v) is 7.07. The van der Waals surface area contributed by atoms with Gasteiger partial charge in [0.2, 0.25) is 0 Å². The van der Waals surface area contributed by atoms with Crippen LogP contribution in [0, 0.1) is 46.8 Å². The summed E-state index contributed by atoms with van der Waals surface area (Å²) in [5.74, 6) is 4.53. The maximum absolute atomic E-state index is 12.1. The van der Waals surface area contributed by atoms with Crippen molar-refractivity contribution >= 4 is 5.78 Å². The molecular formula is C16H23NO. The Labute approximate surface area is 110 Å². The van der Waals surface area contributed by atoms with Crippen molar-refractivity contribution in [2.75, 3.05) is 0 Å². The summed E-state index contributed by atoms with van der Waals surface area (Å²) in [4.78, 5) is 12.1. The van der Waals surface area contributed by atoms with Gasteiger partial charge in [0.1, 0.15) is 5.78 Å². The lowest BCUT2D eigenvalue weighted by Gasteiger charge is -2.54. The van der Waals surface area contributed by atoms with Crippen LogP contribution < -0.4 is 0 Å². The Bertz CT molecular complexity index is 353. The topological polar surface area (TPSA) is 40.9 Å². The highest BCUT2D eigenvalue weighted by Gasteiger charge is 2.48. The van der Waals surface area contributed by atoms with Crippen LogP contribution in [0.1, 0.15) is 51.9 Å². The van der Waals surface area contributed by atoms with Gasteiger partial charge in [-0.3, -0.25) is 4.79 Å². The zero-order valence-electron chi connectivity index (χ0n) is 11.3. The molecule has 1 unspecified atom stereocenters. The first kappa shape index (κ1) is 12.2. The first-order valence-electron chi connectivity index (χ1n) is 7.57. The van der Waals surface area contributed by atoms with E-state index in [0.29, 0.717) is 18.1 Å². The van der Waals surface area contributed by atoms with Crippen molar-refractivity contribution in [3.05, 3.63) is 0 Å². The molecule has 4 aliphatic carbocycles. The summed E-state index contributed by atoms with van der Waals surface area (Å²) in [6.07, 6.45) is 8.26. The van der Waals surface area contributed by atoms with Crippen molar-refractivity contribution in [1.82, 2.24) is 0 Å². The van der Waals surface area contributed by atoms with E-state index in [9.17, 15) is 4.79 Å². The number of nitriles is 1. The van der Waals surface area contributed by atoms with Gasteiger partial charge in [0.05, 0.1) is 12.0 Å². The average Bonchev–Trinajstić information content (AvgIpc) is 2.32. The van der Waals surface area contributed by atoms with E-state index in [1.54, 1.807) is 0 Å². The molecule has 0 spiro atoms. The predicted molar refractivity (Wildman–Crippen MR) is 69.6 cm³/mol. The van der Waals surface area contributed by atoms with Crippen molar-refractivity contribution in [3.63, 3.8) is 0 Å². The fourth-order valence-corrected chi connectivity index (χ4v) is 5.10.